The molecule has 0 atom stereocenters. The molecule has 2 amide bonds. The minimum Gasteiger partial charge on any atom is -0.351 e. The van der Waals surface area contributed by atoms with Crippen molar-refractivity contribution >= 4 is 28.4 Å². The summed E-state index contributed by atoms with van der Waals surface area (Å²) < 4.78 is 0. The van der Waals surface area contributed by atoms with Gasteiger partial charge in [0, 0.05) is 29.1 Å². The molecule has 0 spiro atoms. The fraction of sp³-hybridized carbons (Fsp3) is 0.200. The first-order chi connectivity index (χ1) is 12.0. The van der Waals surface area contributed by atoms with Crippen LogP contribution in [0.1, 0.15) is 29.9 Å². The SMILES string of the molecule is CC(C)C(=O)Nc1ccc2[nH]c(C(=O)NCc3ccccc3)cc2c1. The lowest BCUT2D eigenvalue weighted by Gasteiger charge is -2.07. The third kappa shape index (κ3) is 4.07. The Morgan fingerprint density at radius 2 is 1.80 bits per heavy atom. The zero-order valence-corrected chi connectivity index (χ0v) is 14.3. The maximum Gasteiger partial charge on any atom is 0.267 e. The Kier molecular flexibility index (Phi) is 4.84. The first-order valence-corrected chi connectivity index (χ1v) is 8.28. The molecule has 1 heterocycles. The fourth-order valence-corrected chi connectivity index (χ4v) is 2.49. The van der Waals surface area contributed by atoms with Crippen LogP contribution in [0.3, 0.4) is 0 Å². The van der Waals surface area contributed by atoms with Crippen molar-refractivity contribution < 1.29 is 9.59 Å². The number of H-pyrrole nitrogens is 1. The summed E-state index contributed by atoms with van der Waals surface area (Å²) >= 11 is 0. The Bertz CT molecular complexity index is 898. The van der Waals surface area contributed by atoms with Crippen LogP contribution in [0.2, 0.25) is 0 Å². The van der Waals surface area contributed by atoms with Crippen molar-refractivity contribution in [3.8, 4) is 0 Å². The molecule has 0 aliphatic carbocycles. The number of benzene rings is 2. The summed E-state index contributed by atoms with van der Waals surface area (Å²) in [6.07, 6.45) is 0. The number of aromatic nitrogens is 1. The smallest absolute Gasteiger partial charge is 0.267 e. The van der Waals surface area contributed by atoms with Gasteiger partial charge in [-0.05, 0) is 29.8 Å². The molecule has 0 radical (unpaired) electrons. The molecule has 3 aromatic rings. The Morgan fingerprint density at radius 3 is 2.52 bits per heavy atom. The maximum atomic E-state index is 12.3. The monoisotopic (exact) mass is 335 g/mol. The quantitative estimate of drug-likeness (QED) is 0.665. The molecule has 0 unspecified atom stereocenters. The van der Waals surface area contributed by atoms with Gasteiger partial charge in [-0.15, -0.1) is 0 Å². The summed E-state index contributed by atoms with van der Waals surface area (Å²) in [5, 5.41) is 6.64. The molecule has 0 bridgehead atoms. The molecule has 0 saturated heterocycles. The highest BCUT2D eigenvalue weighted by Crippen LogP contribution is 2.20. The lowest BCUT2D eigenvalue weighted by atomic mass is 10.2. The molecule has 0 aliphatic heterocycles. The third-order valence-electron chi connectivity index (χ3n) is 3.95. The molecule has 3 rings (SSSR count). The fourth-order valence-electron chi connectivity index (χ4n) is 2.49. The average molecular weight is 335 g/mol. The van der Waals surface area contributed by atoms with E-state index in [1.54, 1.807) is 6.07 Å². The van der Waals surface area contributed by atoms with Crippen molar-refractivity contribution in [3.63, 3.8) is 0 Å². The molecule has 2 aromatic carbocycles. The van der Waals surface area contributed by atoms with Gasteiger partial charge in [0.2, 0.25) is 5.91 Å². The van der Waals surface area contributed by atoms with E-state index in [1.807, 2.05) is 62.4 Å². The molecule has 0 fully saturated rings. The third-order valence-corrected chi connectivity index (χ3v) is 3.95. The molecule has 0 saturated carbocycles. The molecule has 3 N–H and O–H groups in total. The van der Waals surface area contributed by atoms with Gasteiger partial charge in [0.15, 0.2) is 0 Å². The molecule has 0 aliphatic rings. The number of carbonyl (C=O) groups excluding carboxylic acids is 2. The van der Waals surface area contributed by atoms with Crippen LogP contribution in [0.5, 0.6) is 0 Å². The number of hydrogen-bond donors (Lipinski definition) is 3. The van der Waals surface area contributed by atoms with E-state index in [9.17, 15) is 9.59 Å². The van der Waals surface area contributed by atoms with Crippen LogP contribution in [0.4, 0.5) is 5.69 Å². The van der Waals surface area contributed by atoms with E-state index in [4.69, 9.17) is 0 Å². The summed E-state index contributed by atoms with van der Waals surface area (Å²) in [4.78, 5) is 27.2. The van der Waals surface area contributed by atoms with Crippen LogP contribution >= 0.6 is 0 Å². The Hall–Kier alpha value is -3.08. The van der Waals surface area contributed by atoms with E-state index in [2.05, 4.69) is 15.6 Å². The number of fused-ring (bicyclic) bond motifs is 1. The first kappa shape index (κ1) is 16.8. The zero-order valence-electron chi connectivity index (χ0n) is 14.3. The number of amides is 2. The lowest BCUT2D eigenvalue weighted by molar-refractivity contribution is -0.118. The Labute approximate surface area is 146 Å². The van der Waals surface area contributed by atoms with E-state index in [-0.39, 0.29) is 17.7 Å². The lowest BCUT2D eigenvalue weighted by Crippen LogP contribution is -2.22. The number of aromatic amines is 1. The number of carbonyl (C=O) groups is 2. The number of hydrogen-bond acceptors (Lipinski definition) is 2. The van der Waals surface area contributed by atoms with Gasteiger partial charge >= 0.3 is 0 Å². The minimum atomic E-state index is -0.159. The highest BCUT2D eigenvalue weighted by molar-refractivity contribution is 6.00. The van der Waals surface area contributed by atoms with Crippen LogP contribution < -0.4 is 10.6 Å². The van der Waals surface area contributed by atoms with Crippen LogP contribution in [-0.4, -0.2) is 16.8 Å². The van der Waals surface area contributed by atoms with E-state index in [0.717, 1.165) is 22.2 Å². The van der Waals surface area contributed by atoms with Gasteiger partial charge in [0.05, 0.1) is 0 Å². The first-order valence-electron chi connectivity index (χ1n) is 8.28. The topological polar surface area (TPSA) is 74.0 Å². The van der Waals surface area contributed by atoms with Gasteiger partial charge < -0.3 is 15.6 Å². The molecule has 25 heavy (non-hydrogen) atoms. The molecule has 5 heteroatoms. The Balaban J connectivity index is 1.72. The van der Waals surface area contributed by atoms with Gasteiger partial charge in [0.1, 0.15) is 5.69 Å². The van der Waals surface area contributed by atoms with Crippen molar-refractivity contribution in [1.29, 1.82) is 0 Å². The van der Waals surface area contributed by atoms with Crippen LogP contribution in [-0.2, 0) is 11.3 Å². The average Bonchev–Trinajstić information content (AvgIpc) is 3.04. The van der Waals surface area contributed by atoms with Crippen LogP contribution in [0.25, 0.3) is 10.9 Å². The summed E-state index contributed by atoms with van der Waals surface area (Å²) in [6.45, 7) is 4.17. The highest BCUT2D eigenvalue weighted by atomic mass is 16.2. The largest absolute Gasteiger partial charge is 0.351 e. The number of rotatable bonds is 5. The normalized spacial score (nSPS) is 10.8. The van der Waals surface area contributed by atoms with Crippen LogP contribution in [0, 0.1) is 5.92 Å². The van der Waals surface area contributed by atoms with Crippen molar-refractivity contribution in [2.75, 3.05) is 5.32 Å². The summed E-state index contributed by atoms with van der Waals surface area (Å²) in [5.74, 6) is -0.273. The van der Waals surface area contributed by atoms with E-state index < -0.39 is 0 Å². The standard InChI is InChI=1S/C20H21N3O2/c1-13(2)19(24)22-16-8-9-17-15(10-16)11-18(23-17)20(25)21-12-14-6-4-3-5-7-14/h3-11,13,23H,12H2,1-2H3,(H,21,25)(H,22,24). The summed E-state index contributed by atoms with van der Waals surface area (Å²) in [7, 11) is 0. The van der Waals surface area contributed by atoms with Crippen molar-refractivity contribution in [3.05, 3.63) is 65.9 Å². The summed E-state index contributed by atoms with van der Waals surface area (Å²) in [5.41, 5.74) is 3.12. The van der Waals surface area contributed by atoms with Gasteiger partial charge in [-0.25, -0.2) is 0 Å². The molecular weight excluding hydrogens is 314 g/mol. The number of anilines is 1. The minimum absolute atomic E-state index is 0.0317. The molecular formula is C20H21N3O2. The van der Waals surface area contributed by atoms with E-state index in [0.29, 0.717) is 12.2 Å². The zero-order chi connectivity index (χ0) is 17.8. The van der Waals surface area contributed by atoms with Crippen molar-refractivity contribution in [1.82, 2.24) is 10.3 Å². The second-order valence-corrected chi connectivity index (χ2v) is 6.30. The van der Waals surface area contributed by atoms with Crippen molar-refractivity contribution in [2.45, 2.75) is 20.4 Å². The van der Waals surface area contributed by atoms with Gasteiger partial charge in [-0.1, -0.05) is 44.2 Å². The molecule has 5 nitrogen and oxygen atoms in total. The Morgan fingerprint density at radius 1 is 1.04 bits per heavy atom. The second kappa shape index (κ2) is 7.21. The van der Waals surface area contributed by atoms with Gasteiger partial charge in [-0.2, -0.15) is 0 Å². The predicted molar refractivity (Wildman–Crippen MR) is 99.4 cm³/mol. The van der Waals surface area contributed by atoms with E-state index in [1.165, 1.54) is 0 Å². The number of nitrogens with one attached hydrogen (secondary N) is 3. The maximum absolute atomic E-state index is 12.3. The second-order valence-electron chi connectivity index (χ2n) is 6.30. The van der Waals surface area contributed by atoms with Crippen LogP contribution in [0.15, 0.2) is 54.6 Å². The van der Waals surface area contributed by atoms with Crippen molar-refractivity contribution in [2.24, 2.45) is 5.92 Å². The molecule has 128 valence electrons. The predicted octanol–water partition coefficient (Wildman–Crippen LogP) is 3.69. The molecule has 1 aromatic heterocycles. The highest BCUT2D eigenvalue weighted by Gasteiger charge is 2.11. The van der Waals surface area contributed by atoms with Gasteiger partial charge in [-0.3, -0.25) is 9.59 Å². The van der Waals surface area contributed by atoms with Gasteiger partial charge in [0.25, 0.3) is 5.91 Å². The summed E-state index contributed by atoms with van der Waals surface area (Å²) in [6, 6.07) is 17.1. The van der Waals surface area contributed by atoms with E-state index >= 15 is 0 Å².